The molecular weight excluding hydrogens is 755 g/mol. The minimum Gasteiger partial charge on any atom is -0.462 e. The van der Waals surface area contributed by atoms with Crippen LogP contribution in [0.4, 0.5) is 0 Å². The topological polar surface area (TPSA) is 149 Å². The molecule has 1 unspecified atom stereocenters. The number of hydrogen-bond acceptors (Lipinski definition) is 9. The van der Waals surface area contributed by atoms with Crippen molar-refractivity contribution in [3.63, 3.8) is 0 Å². The Kier molecular flexibility index (Phi) is 41.9. The zero-order valence-corrected chi connectivity index (χ0v) is 37.9. The molecule has 0 aromatic heterocycles. The number of hydrogen-bond donors (Lipinski definition) is 3. The van der Waals surface area contributed by atoms with Gasteiger partial charge in [-0.3, -0.25) is 18.6 Å². The van der Waals surface area contributed by atoms with E-state index in [-0.39, 0.29) is 19.4 Å². The second-order valence-corrected chi connectivity index (χ2v) is 17.2. The summed E-state index contributed by atoms with van der Waals surface area (Å²) in [7, 11) is -4.62. The van der Waals surface area contributed by atoms with Gasteiger partial charge in [0.15, 0.2) is 6.10 Å². The maximum absolute atomic E-state index is 12.6. The van der Waals surface area contributed by atoms with E-state index in [9.17, 15) is 24.2 Å². The molecule has 58 heavy (non-hydrogen) atoms. The van der Waals surface area contributed by atoms with Crippen LogP contribution in [0.5, 0.6) is 0 Å². The fourth-order valence-corrected chi connectivity index (χ4v) is 7.16. The van der Waals surface area contributed by atoms with Crippen LogP contribution >= 0.6 is 7.82 Å². The Morgan fingerprint density at radius 1 is 0.517 bits per heavy atom. The maximum atomic E-state index is 12.6. The van der Waals surface area contributed by atoms with Crippen LogP contribution in [0, 0.1) is 0 Å². The largest absolute Gasteiger partial charge is 0.472 e. The number of esters is 2. The van der Waals surface area contributed by atoms with Crippen LogP contribution in [-0.4, -0.2) is 65.7 Å². The molecule has 0 rings (SSSR count). The van der Waals surface area contributed by atoms with Gasteiger partial charge in [-0.05, 0) is 70.6 Å². The number of unbranched alkanes of at least 4 members (excludes halogenated alkanes) is 24. The molecule has 0 aromatic rings. The molecule has 10 nitrogen and oxygen atoms in total. The molecule has 0 saturated heterocycles. The second-order valence-electron chi connectivity index (χ2n) is 15.8. The first kappa shape index (κ1) is 56.2. The van der Waals surface area contributed by atoms with E-state index in [1.165, 1.54) is 103 Å². The zero-order valence-electron chi connectivity index (χ0n) is 37.0. The van der Waals surface area contributed by atoms with Crippen LogP contribution in [0.1, 0.15) is 213 Å². The molecule has 0 bridgehead atoms. The molecule has 0 fully saturated rings. The van der Waals surface area contributed by atoms with Crippen LogP contribution in [0.25, 0.3) is 0 Å². The van der Waals surface area contributed by atoms with Crippen molar-refractivity contribution < 1.29 is 47.8 Å². The van der Waals surface area contributed by atoms with Gasteiger partial charge in [0.05, 0.1) is 19.8 Å². The molecule has 0 aromatic carbocycles. The van der Waals surface area contributed by atoms with Crippen LogP contribution in [0.3, 0.4) is 0 Å². The first-order valence-corrected chi connectivity index (χ1v) is 24.9. The summed E-state index contributed by atoms with van der Waals surface area (Å²) in [6.07, 6.45) is 45.3. The SMILES string of the molecule is CCCCC/C=C\C/C=C\CCCCCCCCCCCC(=O)OC[C@H](COP(=O)(O)OC[C@@H](O)CO)OC(=O)CCCCCCC/C=C\CCCCCCCCC. The number of rotatable bonds is 44. The monoisotopic (exact) mass is 843 g/mol. The van der Waals surface area contributed by atoms with E-state index >= 15 is 0 Å². The summed E-state index contributed by atoms with van der Waals surface area (Å²) in [5.41, 5.74) is 0. The first-order valence-electron chi connectivity index (χ1n) is 23.4. The third kappa shape index (κ3) is 42.3. The predicted molar refractivity (Wildman–Crippen MR) is 238 cm³/mol. The highest BCUT2D eigenvalue weighted by Crippen LogP contribution is 2.43. The van der Waals surface area contributed by atoms with Gasteiger partial charge in [0.2, 0.25) is 0 Å². The number of aliphatic hydroxyl groups is 2. The van der Waals surface area contributed by atoms with Crippen molar-refractivity contribution in [1.29, 1.82) is 0 Å². The molecule has 0 spiro atoms. The minimum absolute atomic E-state index is 0.174. The van der Waals surface area contributed by atoms with E-state index in [1.807, 2.05) is 0 Å². The lowest BCUT2D eigenvalue weighted by Gasteiger charge is -2.20. The highest BCUT2D eigenvalue weighted by atomic mass is 31.2. The third-order valence-electron chi connectivity index (χ3n) is 10.0. The van der Waals surface area contributed by atoms with Gasteiger partial charge in [0.1, 0.15) is 12.7 Å². The van der Waals surface area contributed by atoms with Crippen LogP contribution in [-0.2, 0) is 32.7 Å². The Balaban J connectivity index is 4.25. The van der Waals surface area contributed by atoms with Gasteiger partial charge >= 0.3 is 19.8 Å². The lowest BCUT2D eigenvalue weighted by molar-refractivity contribution is -0.161. The molecule has 0 amide bonds. The molecule has 3 N–H and O–H groups in total. The van der Waals surface area contributed by atoms with Crippen molar-refractivity contribution >= 4 is 19.8 Å². The van der Waals surface area contributed by atoms with Gasteiger partial charge in [0, 0.05) is 12.8 Å². The van der Waals surface area contributed by atoms with E-state index in [4.69, 9.17) is 23.6 Å². The van der Waals surface area contributed by atoms with Crippen LogP contribution in [0.2, 0.25) is 0 Å². The number of carbonyl (C=O) groups excluding carboxylic acids is 2. The highest BCUT2D eigenvalue weighted by Gasteiger charge is 2.27. The zero-order chi connectivity index (χ0) is 42.6. The van der Waals surface area contributed by atoms with Crippen molar-refractivity contribution in [3.8, 4) is 0 Å². The maximum Gasteiger partial charge on any atom is 0.472 e. The summed E-state index contributed by atoms with van der Waals surface area (Å²) in [5.74, 6) is -0.934. The Morgan fingerprint density at radius 2 is 0.897 bits per heavy atom. The standard InChI is InChI=1S/C47H87O10P/c1-3-5-7-9-11-13-15-17-19-21-22-23-25-26-28-30-32-34-36-38-46(50)54-42-45(43-56-58(52,53)55-41-44(49)40-48)57-47(51)39-37-35-33-31-29-27-24-20-18-16-14-12-10-8-6-4-2/h11,13,17,19-20,24,44-45,48-49H,3-10,12,14-16,18,21-23,25-43H2,1-2H3,(H,52,53)/b13-11-,19-17-,24-20-/t44-,45+/m0/s1. The summed E-state index contributed by atoms with van der Waals surface area (Å²) >= 11 is 0. The average Bonchev–Trinajstić information content (AvgIpc) is 3.21. The molecule has 0 aliphatic heterocycles. The molecule has 340 valence electrons. The molecule has 0 heterocycles. The van der Waals surface area contributed by atoms with E-state index in [0.29, 0.717) is 12.8 Å². The Labute approximate surface area is 354 Å². The van der Waals surface area contributed by atoms with Gasteiger partial charge in [-0.25, -0.2) is 4.57 Å². The van der Waals surface area contributed by atoms with E-state index in [0.717, 1.165) is 70.6 Å². The van der Waals surface area contributed by atoms with Crippen LogP contribution in [0.15, 0.2) is 36.5 Å². The van der Waals surface area contributed by atoms with E-state index in [2.05, 4.69) is 50.3 Å². The number of allylic oxidation sites excluding steroid dienone is 6. The molecule has 0 radical (unpaired) electrons. The molecule has 0 aliphatic carbocycles. The quantitative estimate of drug-likeness (QED) is 0.0234. The summed E-state index contributed by atoms with van der Waals surface area (Å²) < 4.78 is 32.8. The van der Waals surface area contributed by atoms with Crippen molar-refractivity contribution in [2.75, 3.05) is 26.4 Å². The van der Waals surface area contributed by atoms with Crippen molar-refractivity contribution in [1.82, 2.24) is 0 Å². The summed E-state index contributed by atoms with van der Waals surface area (Å²) in [6.45, 7) is 2.36. The molecule has 3 atom stereocenters. The van der Waals surface area contributed by atoms with Crippen molar-refractivity contribution in [2.24, 2.45) is 0 Å². The number of ether oxygens (including phenoxy) is 2. The second kappa shape index (κ2) is 43.3. The van der Waals surface area contributed by atoms with Gasteiger partial charge in [-0.1, -0.05) is 166 Å². The molecular formula is C47H87O10P. The fourth-order valence-electron chi connectivity index (χ4n) is 6.37. The van der Waals surface area contributed by atoms with Crippen LogP contribution < -0.4 is 0 Å². The van der Waals surface area contributed by atoms with E-state index < -0.39 is 51.8 Å². The number of carbonyl (C=O) groups is 2. The normalized spacial score (nSPS) is 14.1. The first-order chi connectivity index (χ1) is 28.2. The Morgan fingerprint density at radius 3 is 1.38 bits per heavy atom. The fraction of sp³-hybridized carbons (Fsp3) is 0.830. The smallest absolute Gasteiger partial charge is 0.462 e. The number of aliphatic hydroxyl groups excluding tert-OH is 2. The lowest BCUT2D eigenvalue weighted by atomic mass is 10.1. The van der Waals surface area contributed by atoms with Crippen molar-refractivity contribution in [3.05, 3.63) is 36.5 Å². The number of phosphoric acid groups is 1. The van der Waals surface area contributed by atoms with Gasteiger partial charge in [-0.2, -0.15) is 0 Å². The Bertz CT molecular complexity index is 1060. The van der Waals surface area contributed by atoms with E-state index in [1.54, 1.807) is 0 Å². The summed E-state index contributed by atoms with van der Waals surface area (Å²) in [5, 5.41) is 18.4. The van der Waals surface area contributed by atoms with Gasteiger partial charge in [-0.15, -0.1) is 0 Å². The summed E-state index contributed by atoms with van der Waals surface area (Å²) in [4.78, 5) is 35.1. The minimum atomic E-state index is -4.62. The molecule has 0 aliphatic rings. The highest BCUT2D eigenvalue weighted by molar-refractivity contribution is 7.47. The molecule has 0 saturated carbocycles. The Hall–Kier alpha value is -1.81. The predicted octanol–water partition coefficient (Wildman–Crippen LogP) is 12.7. The lowest BCUT2D eigenvalue weighted by Crippen LogP contribution is -2.29. The summed E-state index contributed by atoms with van der Waals surface area (Å²) in [6, 6.07) is 0. The third-order valence-corrected chi connectivity index (χ3v) is 11.0. The van der Waals surface area contributed by atoms with Gasteiger partial charge in [0.25, 0.3) is 0 Å². The molecule has 11 heteroatoms. The average molecular weight is 843 g/mol. The number of phosphoric ester groups is 1. The van der Waals surface area contributed by atoms with Gasteiger partial charge < -0.3 is 24.6 Å². The van der Waals surface area contributed by atoms with Crippen molar-refractivity contribution in [2.45, 2.75) is 225 Å².